The first-order valence-corrected chi connectivity index (χ1v) is 7.43. The summed E-state index contributed by atoms with van der Waals surface area (Å²) in [5.41, 5.74) is 1.04. The van der Waals surface area contributed by atoms with E-state index in [0.717, 1.165) is 31.2 Å². The van der Waals surface area contributed by atoms with Crippen LogP contribution in [0.5, 0.6) is 0 Å². The van der Waals surface area contributed by atoms with Gasteiger partial charge in [-0.1, -0.05) is 32.9 Å². The molecule has 2 unspecified atom stereocenters. The number of aromatic nitrogens is 1. The average molecular weight is 265 g/mol. The quantitative estimate of drug-likeness (QED) is 0.888. The molecular weight excluding hydrogens is 238 g/mol. The molecule has 0 bridgehead atoms. The van der Waals surface area contributed by atoms with Crippen LogP contribution in [0.2, 0.25) is 0 Å². The summed E-state index contributed by atoms with van der Waals surface area (Å²) in [4.78, 5) is 2.56. The van der Waals surface area contributed by atoms with Crippen molar-refractivity contribution in [3.63, 3.8) is 0 Å². The maximum atomic E-state index is 4.95. The van der Waals surface area contributed by atoms with Gasteiger partial charge in [-0.2, -0.15) is 0 Å². The Morgan fingerprint density at radius 1 is 1.42 bits per heavy atom. The molecule has 4 nitrogen and oxygen atoms in total. The summed E-state index contributed by atoms with van der Waals surface area (Å²) >= 11 is 0. The minimum absolute atomic E-state index is 0.583. The Kier molecular flexibility index (Phi) is 4.99. The molecule has 1 aromatic heterocycles. The van der Waals surface area contributed by atoms with Crippen LogP contribution < -0.4 is 5.32 Å². The predicted molar refractivity (Wildman–Crippen MR) is 76.8 cm³/mol. The Hall–Kier alpha value is -0.870. The molecule has 2 rings (SSSR count). The Morgan fingerprint density at radius 3 is 2.79 bits per heavy atom. The smallest absolute Gasteiger partial charge is 0.124 e. The maximum absolute atomic E-state index is 4.95. The van der Waals surface area contributed by atoms with Crippen molar-refractivity contribution in [2.45, 2.75) is 52.7 Å². The van der Waals surface area contributed by atoms with Crippen LogP contribution in [-0.4, -0.2) is 35.2 Å². The van der Waals surface area contributed by atoms with E-state index in [-0.39, 0.29) is 0 Å². The van der Waals surface area contributed by atoms with Gasteiger partial charge in [-0.3, -0.25) is 4.90 Å². The van der Waals surface area contributed by atoms with E-state index >= 15 is 0 Å². The minimum atomic E-state index is 0.583. The lowest BCUT2D eigenvalue weighted by molar-refractivity contribution is 0.0830. The molecule has 1 fully saturated rings. The lowest BCUT2D eigenvalue weighted by Gasteiger charge is -2.42. The molecule has 1 saturated heterocycles. The molecule has 0 saturated carbocycles. The van der Waals surface area contributed by atoms with Crippen LogP contribution in [0.4, 0.5) is 0 Å². The lowest BCUT2D eigenvalue weighted by atomic mass is 9.95. The van der Waals surface area contributed by atoms with Gasteiger partial charge >= 0.3 is 0 Å². The highest BCUT2D eigenvalue weighted by atomic mass is 16.5. The fourth-order valence-corrected chi connectivity index (χ4v) is 2.99. The second-order valence-corrected chi connectivity index (χ2v) is 6.47. The first-order valence-electron chi connectivity index (χ1n) is 7.43. The SMILES string of the molecule is CC(C)CC1CN(Cc2ccon2)C(C(C)C)CN1. The topological polar surface area (TPSA) is 41.3 Å². The van der Waals surface area contributed by atoms with Crippen LogP contribution >= 0.6 is 0 Å². The van der Waals surface area contributed by atoms with Crippen molar-refractivity contribution < 1.29 is 4.52 Å². The van der Waals surface area contributed by atoms with Crippen molar-refractivity contribution in [3.8, 4) is 0 Å². The molecule has 0 aliphatic carbocycles. The van der Waals surface area contributed by atoms with Crippen molar-refractivity contribution in [1.82, 2.24) is 15.4 Å². The molecule has 4 heteroatoms. The van der Waals surface area contributed by atoms with Crippen molar-refractivity contribution in [3.05, 3.63) is 18.0 Å². The molecule has 0 aromatic carbocycles. The van der Waals surface area contributed by atoms with E-state index in [2.05, 4.69) is 43.1 Å². The second-order valence-electron chi connectivity index (χ2n) is 6.47. The predicted octanol–water partition coefficient (Wildman–Crippen LogP) is 2.52. The van der Waals surface area contributed by atoms with Crippen LogP contribution in [0.3, 0.4) is 0 Å². The number of rotatable bonds is 5. The minimum Gasteiger partial charge on any atom is -0.364 e. The van der Waals surface area contributed by atoms with Gasteiger partial charge in [0.2, 0.25) is 0 Å². The normalized spacial score (nSPS) is 25.4. The van der Waals surface area contributed by atoms with Gasteiger partial charge in [-0.15, -0.1) is 0 Å². The van der Waals surface area contributed by atoms with Crippen LogP contribution in [0.15, 0.2) is 16.9 Å². The van der Waals surface area contributed by atoms with Gasteiger partial charge in [-0.05, 0) is 18.3 Å². The number of nitrogens with zero attached hydrogens (tertiary/aromatic N) is 2. The van der Waals surface area contributed by atoms with E-state index in [1.54, 1.807) is 6.26 Å². The highest BCUT2D eigenvalue weighted by Crippen LogP contribution is 2.20. The molecule has 108 valence electrons. The summed E-state index contributed by atoms with van der Waals surface area (Å²) in [6.45, 7) is 12.3. The van der Waals surface area contributed by atoms with Crippen LogP contribution in [0.25, 0.3) is 0 Å². The standard InChI is InChI=1S/C15H27N3O/c1-11(2)7-14-10-18(9-13-5-6-19-17-13)15(8-16-14)12(3)4/h5-6,11-12,14-16H,7-10H2,1-4H3. The molecule has 1 aliphatic heterocycles. The van der Waals surface area contributed by atoms with Crippen molar-refractivity contribution in [2.24, 2.45) is 11.8 Å². The average Bonchev–Trinajstić information content (AvgIpc) is 2.80. The van der Waals surface area contributed by atoms with E-state index < -0.39 is 0 Å². The molecule has 0 radical (unpaired) electrons. The van der Waals surface area contributed by atoms with E-state index in [1.165, 1.54) is 6.42 Å². The molecule has 1 aromatic rings. The Morgan fingerprint density at radius 2 is 2.21 bits per heavy atom. The van der Waals surface area contributed by atoms with Gasteiger partial charge in [-0.25, -0.2) is 0 Å². The monoisotopic (exact) mass is 265 g/mol. The Balaban J connectivity index is 2.00. The molecule has 19 heavy (non-hydrogen) atoms. The van der Waals surface area contributed by atoms with Crippen molar-refractivity contribution >= 4 is 0 Å². The third-order valence-corrected chi connectivity index (χ3v) is 3.92. The number of nitrogens with one attached hydrogen (secondary N) is 1. The Bertz CT molecular complexity index is 361. The number of hydrogen-bond acceptors (Lipinski definition) is 4. The van der Waals surface area contributed by atoms with Crippen molar-refractivity contribution in [1.29, 1.82) is 0 Å². The fraction of sp³-hybridized carbons (Fsp3) is 0.800. The van der Waals surface area contributed by atoms with Gasteiger partial charge < -0.3 is 9.84 Å². The highest BCUT2D eigenvalue weighted by Gasteiger charge is 2.30. The first kappa shape index (κ1) is 14.5. The van der Waals surface area contributed by atoms with E-state index in [0.29, 0.717) is 18.0 Å². The molecular formula is C15H27N3O. The third kappa shape index (κ3) is 4.05. The van der Waals surface area contributed by atoms with E-state index in [1.807, 2.05) is 6.07 Å². The zero-order valence-corrected chi connectivity index (χ0v) is 12.6. The fourth-order valence-electron chi connectivity index (χ4n) is 2.99. The summed E-state index contributed by atoms with van der Waals surface area (Å²) in [6, 6.07) is 3.15. The molecule has 1 N–H and O–H groups in total. The zero-order chi connectivity index (χ0) is 13.8. The molecule has 2 atom stereocenters. The molecule has 1 aliphatic rings. The maximum Gasteiger partial charge on any atom is 0.124 e. The Labute approximate surface area is 116 Å². The molecule has 2 heterocycles. The van der Waals surface area contributed by atoms with E-state index in [9.17, 15) is 0 Å². The van der Waals surface area contributed by atoms with Gasteiger partial charge in [0.15, 0.2) is 0 Å². The first-order chi connectivity index (χ1) is 9.06. The summed E-state index contributed by atoms with van der Waals surface area (Å²) in [5.74, 6) is 1.39. The molecule has 0 amide bonds. The van der Waals surface area contributed by atoms with Crippen molar-refractivity contribution in [2.75, 3.05) is 13.1 Å². The summed E-state index contributed by atoms with van der Waals surface area (Å²) in [5, 5.41) is 7.76. The number of hydrogen-bond donors (Lipinski definition) is 1. The van der Waals surface area contributed by atoms with E-state index in [4.69, 9.17) is 4.52 Å². The summed E-state index contributed by atoms with van der Waals surface area (Å²) < 4.78 is 4.95. The number of piperazine rings is 1. The van der Waals surface area contributed by atoms with Gasteiger partial charge in [0, 0.05) is 37.8 Å². The van der Waals surface area contributed by atoms with Gasteiger partial charge in [0.05, 0.1) is 5.69 Å². The van der Waals surface area contributed by atoms with Gasteiger partial charge in [0.1, 0.15) is 6.26 Å². The zero-order valence-electron chi connectivity index (χ0n) is 12.6. The van der Waals surface area contributed by atoms with Crippen LogP contribution in [0.1, 0.15) is 39.8 Å². The highest BCUT2D eigenvalue weighted by molar-refractivity contribution is 4.98. The third-order valence-electron chi connectivity index (χ3n) is 3.92. The van der Waals surface area contributed by atoms with Crippen LogP contribution in [0, 0.1) is 11.8 Å². The lowest BCUT2D eigenvalue weighted by Crippen LogP contribution is -2.58. The largest absolute Gasteiger partial charge is 0.364 e. The van der Waals surface area contributed by atoms with Crippen LogP contribution in [-0.2, 0) is 6.54 Å². The van der Waals surface area contributed by atoms with Gasteiger partial charge in [0.25, 0.3) is 0 Å². The molecule has 0 spiro atoms. The summed E-state index contributed by atoms with van der Waals surface area (Å²) in [7, 11) is 0. The second kappa shape index (κ2) is 6.53. The summed E-state index contributed by atoms with van der Waals surface area (Å²) in [6.07, 6.45) is 2.90.